The summed E-state index contributed by atoms with van der Waals surface area (Å²) in [4.78, 5) is 22.0. The fourth-order valence-electron chi connectivity index (χ4n) is 3.90. The zero-order valence-electron chi connectivity index (χ0n) is 20.2. The van der Waals surface area contributed by atoms with Crippen LogP contribution in [0.15, 0.2) is 41.3 Å². The summed E-state index contributed by atoms with van der Waals surface area (Å²) in [5.74, 6) is -0.805. The first-order valence-electron chi connectivity index (χ1n) is 11.5. The maximum Gasteiger partial charge on any atom is 0.228 e. The standard InChI is InChI=1S/C25H32FN3O3S2/c1-5-28(6-2)13-14-29(25-27-22-17-18(3)16-19(4)24(22)33-25)23(30)8-7-15-34(31,32)21-11-9-20(26)10-12-21/h9-12,16-17H,5-8,13-15H2,1-4H3. The zero-order chi connectivity index (χ0) is 24.9. The van der Waals surface area contributed by atoms with Crippen LogP contribution in [0.4, 0.5) is 9.52 Å². The van der Waals surface area contributed by atoms with Gasteiger partial charge < -0.3 is 4.90 Å². The maximum absolute atomic E-state index is 13.3. The normalized spacial score (nSPS) is 11.9. The number of sulfone groups is 1. The lowest BCUT2D eigenvalue weighted by Crippen LogP contribution is -2.38. The van der Waals surface area contributed by atoms with E-state index in [1.807, 2.05) is 19.9 Å². The SMILES string of the molecule is CCN(CC)CCN(C(=O)CCCS(=O)(=O)c1ccc(F)cc1)c1nc2cc(C)cc(C)c2s1. The van der Waals surface area contributed by atoms with Gasteiger partial charge in [0, 0.05) is 19.5 Å². The minimum absolute atomic E-state index is 0.0664. The number of rotatable bonds is 11. The van der Waals surface area contributed by atoms with Crippen molar-refractivity contribution in [1.29, 1.82) is 0 Å². The van der Waals surface area contributed by atoms with Crippen LogP contribution >= 0.6 is 11.3 Å². The van der Waals surface area contributed by atoms with Crippen molar-refractivity contribution < 1.29 is 17.6 Å². The lowest BCUT2D eigenvalue weighted by molar-refractivity contribution is -0.118. The van der Waals surface area contributed by atoms with Crippen LogP contribution < -0.4 is 4.90 Å². The summed E-state index contributed by atoms with van der Waals surface area (Å²) in [7, 11) is -3.59. The van der Waals surface area contributed by atoms with E-state index in [2.05, 4.69) is 24.8 Å². The Morgan fingerprint density at radius 1 is 1.06 bits per heavy atom. The zero-order valence-corrected chi connectivity index (χ0v) is 21.8. The van der Waals surface area contributed by atoms with Crippen molar-refractivity contribution in [3.05, 3.63) is 53.3 Å². The largest absolute Gasteiger partial charge is 0.302 e. The summed E-state index contributed by atoms with van der Waals surface area (Å²) in [6.45, 7) is 11.2. The van der Waals surface area contributed by atoms with Gasteiger partial charge in [-0.25, -0.2) is 17.8 Å². The van der Waals surface area contributed by atoms with Gasteiger partial charge in [0.2, 0.25) is 5.91 Å². The molecule has 0 saturated carbocycles. The molecule has 0 bridgehead atoms. The second-order valence-electron chi connectivity index (χ2n) is 8.38. The number of amides is 1. The van der Waals surface area contributed by atoms with E-state index < -0.39 is 15.7 Å². The lowest BCUT2D eigenvalue weighted by Gasteiger charge is -2.24. The highest BCUT2D eigenvalue weighted by Crippen LogP contribution is 2.32. The van der Waals surface area contributed by atoms with E-state index in [9.17, 15) is 17.6 Å². The van der Waals surface area contributed by atoms with Crippen molar-refractivity contribution in [1.82, 2.24) is 9.88 Å². The van der Waals surface area contributed by atoms with Crippen molar-refractivity contribution in [3.8, 4) is 0 Å². The maximum atomic E-state index is 13.3. The third kappa shape index (κ3) is 6.40. The molecular weight excluding hydrogens is 473 g/mol. The van der Waals surface area contributed by atoms with Gasteiger partial charge in [-0.2, -0.15) is 0 Å². The molecule has 3 aromatic rings. The van der Waals surface area contributed by atoms with Gasteiger partial charge in [-0.1, -0.05) is 31.3 Å². The van der Waals surface area contributed by atoms with Crippen LogP contribution in [0.1, 0.15) is 37.8 Å². The van der Waals surface area contributed by atoms with Crippen LogP contribution in [0.2, 0.25) is 0 Å². The molecule has 1 heterocycles. The molecule has 6 nitrogen and oxygen atoms in total. The monoisotopic (exact) mass is 505 g/mol. The van der Waals surface area contributed by atoms with Crippen molar-refractivity contribution >= 4 is 42.4 Å². The Morgan fingerprint density at radius 2 is 1.74 bits per heavy atom. The molecule has 1 aromatic heterocycles. The number of thiazole rings is 1. The van der Waals surface area contributed by atoms with Crippen molar-refractivity contribution in [3.63, 3.8) is 0 Å². The average molecular weight is 506 g/mol. The van der Waals surface area contributed by atoms with Gasteiger partial charge >= 0.3 is 0 Å². The van der Waals surface area contributed by atoms with E-state index in [-0.39, 0.29) is 29.4 Å². The van der Waals surface area contributed by atoms with Gasteiger partial charge in [0.25, 0.3) is 0 Å². The second kappa shape index (κ2) is 11.4. The number of aromatic nitrogens is 1. The van der Waals surface area contributed by atoms with Gasteiger partial charge in [0.15, 0.2) is 15.0 Å². The fraction of sp³-hybridized carbons (Fsp3) is 0.440. The molecular formula is C25H32FN3O3S2. The molecule has 2 aromatic carbocycles. The lowest BCUT2D eigenvalue weighted by atomic mass is 10.1. The number of benzene rings is 2. The van der Waals surface area contributed by atoms with Gasteiger partial charge in [0.1, 0.15) is 5.82 Å². The summed E-state index contributed by atoms with van der Waals surface area (Å²) < 4.78 is 39.3. The number of halogens is 1. The smallest absolute Gasteiger partial charge is 0.228 e. The number of aryl methyl sites for hydroxylation is 2. The van der Waals surface area contributed by atoms with Gasteiger partial charge in [-0.3, -0.25) is 9.69 Å². The molecule has 34 heavy (non-hydrogen) atoms. The topological polar surface area (TPSA) is 70.6 Å². The van der Waals surface area contributed by atoms with Gasteiger partial charge in [-0.05, 0) is 74.8 Å². The Bertz CT molecular complexity index is 1240. The van der Waals surface area contributed by atoms with Gasteiger partial charge in [0.05, 0.1) is 20.9 Å². The quantitative estimate of drug-likeness (QED) is 0.344. The van der Waals surface area contributed by atoms with Crippen LogP contribution in [0.3, 0.4) is 0 Å². The molecule has 184 valence electrons. The molecule has 0 atom stereocenters. The van der Waals surface area contributed by atoms with Crippen LogP contribution in [0.5, 0.6) is 0 Å². The number of hydrogen-bond acceptors (Lipinski definition) is 6. The minimum atomic E-state index is -3.59. The highest BCUT2D eigenvalue weighted by Gasteiger charge is 2.22. The van der Waals surface area contributed by atoms with E-state index in [1.165, 1.54) is 23.5 Å². The molecule has 9 heteroatoms. The molecule has 0 N–H and O–H groups in total. The molecule has 0 spiro atoms. The summed E-state index contributed by atoms with van der Waals surface area (Å²) in [5.41, 5.74) is 3.12. The number of hydrogen-bond donors (Lipinski definition) is 0. The molecule has 0 unspecified atom stereocenters. The third-order valence-electron chi connectivity index (χ3n) is 5.85. The Labute approximate surface area is 205 Å². The molecule has 1 amide bonds. The molecule has 0 aliphatic carbocycles. The Hall–Kier alpha value is -2.36. The summed E-state index contributed by atoms with van der Waals surface area (Å²) in [6, 6.07) is 8.90. The summed E-state index contributed by atoms with van der Waals surface area (Å²) in [5, 5.41) is 0.641. The average Bonchev–Trinajstić information content (AvgIpc) is 3.21. The van der Waals surface area contributed by atoms with E-state index in [0.717, 1.165) is 46.6 Å². The van der Waals surface area contributed by atoms with Crippen LogP contribution in [-0.2, 0) is 14.6 Å². The first-order valence-corrected chi connectivity index (χ1v) is 14.0. The first kappa shape index (κ1) is 26.2. The molecule has 0 aliphatic rings. The van der Waals surface area contributed by atoms with E-state index in [4.69, 9.17) is 4.98 Å². The second-order valence-corrected chi connectivity index (χ2v) is 11.5. The first-order chi connectivity index (χ1) is 16.1. The Balaban J connectivity index is 1.77. The minimum Gasteiger partial charge on any atom is -0.302 e. The highest BCUT2D eigenvalue weighted by molar-refractivity contribution is 7.91. The molecule has 0 aliphatic heterocycles. The molecule has 0 saturated heterocycles. The predicted octanol–water partition coefficient (Wildman–Crippen LogP) is 4.98. The Kier molecular flexibility index (Phi) is 8.78. The fourth-order valence-corrected chi connectivity index (χ4v) is 6.27. The van der Waals surface area contributed by atoms with Crippen molar-refractivity contribution in [2.75, 3.05) is 36.8 Å². The van der Waals surface area contributed by atoms with E-state index >= 15 is 0 Å². The van der Waals surface area contributed by atoms with Crippen LogP contribution in [0, 0.1) is 19.7 Å². The molecule has 3 rings (SSSR count). The number of carbonyl (C=O) groups is 1. The number of nitrogens with zero attached hydrogens (tertiary/aromatic N) is 3. The third-order valence-corrected chi connectivity index (χ3v) is 8.90. The summed E-state index contributed by atoms with van der Waals surface area (Å²) >= 11 is 1.49. The van der Waals surface area contributed by atoms with Crippen LogP contribution in [-0.4, -0.2) is 56.1 Å². The molecule has 0 fully saturated rings. The Morgan fingerprint density at radius 3 is 2.38 bits per heavy atom. The summed E-state index contributed by atoms with van der Waals surface area (Å²) in [6.07, 6.45) is 0.274. The highest BCUT2D eigenvalue weighted by atomic mass is 32.2. The van der Waals surface area contributed by atoms with Gasteiger partial charge in [-0.15, -0.1) is 0 Å². The van der Waals surface area contributed by atoms with Crippen LogP contribution in [0.25, 0.3) is 10.2 Å². The van der Waals surface area contributed by atoms with Crippen molar-refractivity contribution in [2.45, 2.75) is 45.4 Å². The number of anilines is 1. The van der Waals surface area contributed by atoms with Crippen molar-refractivity contribution in [2.24, 2.45) is 0 Å². The van der Waals surface area contributed by atoms with E-state index in [0.29, 0.717) is 18.2 Å². The molecule has 0 radical (unpaired) electrons. The van der Waals surface area contributed by atoms with E-state index in [1.54, 1.807) is 4.90 Å². The number of likely N-dealkylation sites (N-methyl/N-ethyl adjacent to an activating group) is 1. The number of fused-ring (bicyclic) bond motifs is 1. The predicted molar refractivity (Wildman–Crippen MR) is 137 cm³/mol. The number of carbonyl (C=O) groups excluding carboxylic acids is 1.